The lowest BCUT2D eigenvalue weighted by Gasteiger charge is -2.21. The van der Waals surface area contributed by atoms with Gasteiger partial charge in [0.15, 0.2) is 5.13 Å². The van der Waals surface area contributed by atoms with Crippen molar-refractivity contribution < 1.29 is 0 Å². The van der Waals surface area contributed by atoms with Gasteiger partial charge in [-0.3, -0.25) is 4.98 Å². The molecule has 1 aromatic carbocycles. The molecule has 0 saturated heterocycles. The number of anilines is 3. The Labute approximate surface area is 140 Å². The molecule has 2 heterocycles. The first-order valence-corrected chi connectivity index (χ1v) is 8.67. The maximum Gasteiger partial charge on any atom is 0.187 e. The van der Waals surface area contributed by atoms with E-state index in [0.717, 1.165) is 35.3 Å². The van der Waals surface area contributed by atoms with Crippen molar-refractivity contribution in [2.24, 2.45) is 0 Å². The zero-order chi connectivity index (χ0) is 16.1. The first kappa shape index (κ1) is 15.5. The molecule has 0 saturated carbocycles. The number of rotatable bonds is 6. The lowest BCUT2D eigenvalue weighted by molar-refractivity contribution is 0.866. The summed E-state index contributed by atoms with van der Waals surface area (Å²) >= 11 is 1.59. The van der Waals surface area contributed by atoms with E-state index in [1.807, 2.05) is 23.6 Å². The highest BCUT2D eigenvalue weighted by atomic mass is 32.1. The molecule has 2 aromatic heterocycles. The third-order valence-electron chi connectivity index (χ3n) is 3.68. The summed E-state index contributed by atoms with van der Waals surface area (Å²) in [4.78, 5) is 11.3. The molecule has 0 amide bonds. The van der Waals surface area contributed by atoms with Gasteiger partial charge in [-0.2, -0.15) is 0 Å². The van der Waals surface area contributed by atoms with E-state index >= 15 is 0 Å². The highest BCUT2D eigenvalue weighted by molar-refractivity contribution is 7.14. The normalized spacial score (nSPS) is 10.5. The third-order valence-corrected chi connectivity index (χ3v) is 4.44. The van der Waals surface area contributed by atoms with Crippen LogP contribution in [0.25, 0.3) is 11.4 Å². The molecule has 0 atom stereocenters. The number of benzene rings is 1. The van der Waals surface area contributed by atoms with Gasteiger partial charge in [0.05, 0.1) is 5.69 Å². The molecule has 0 fully saturated rings. The zero-order valence-corrected chi connectivity index (χ0v) is 14.2. The first-order chi connectivity index (χ1) is 11.3. The second kappa shape index (κ2) is 7.24. The molecular formula is C18H20N4S. The predicted molar refractivity (Wildman–Crippen MR) is 98.6 cm³/mol. The minimum Gasteiger partial charge on any atom is -0.372 e. The molecule has 0 bridgehead atoms. The number of pyridine rings is 1. The highest BCUT2D eigenvalue weighted by Gasteiger charge is 2.06. The van der Waals surface area contributed by atoms with Crippen LogP contribution in [-0.4, -0.2) is 23.1 Å². The summed E-state index contributed by atoms with van der Waals surface area (Å²) in [7, 11) is 0. The molecular weight excluding hydrogens is 304 g/mol. The molecule has 118 valence electrons. The topological polar surface area (TPSA) is 41.0 Å². The van der Waals surface area contributed by atoms with Crippen molar-refractivity contribution in [3.8, 4) is 11.4 Å². The van der Waals surface area contributed by atoms with Crippen LogP contribution in [0.15, 0.2) is 54.0 Å². The largest absolute Gasteiger partial charge is 0.372 e. The minimum atomic E-state index is 0.876. The Morgan fingerprint density at radius 2 is 1.78 bits per heavy atom. The fourth-order valence-corrected chi connectivity index (χ4v) is 3.16. The summed E-state index contributed by atoms with van der Waals surface area (Å²) in [6, 6.07) is 14.3. The quantitative estimate of drug-likeness (QED) is 0.707. The van der Waals surface area contributed by atoms with E-state index < -0.39 is 0 Å². The Morgan fingerprint density at radius 3 is 2.43 bits per heavy atom. The number of nitrogens with one attached hydrogen (secondary N) is 1. The van der Waals surface area contributed by atoms with Crippen molar-refractivity contribution in [2.45, 2.75) is 13.8 Å². The molecule has 0 unspecified atom stereocenters. The van der Waals surface area contributed by atoms with Gasteiger partial charge in [-0.15, -0.1) is 11.3 Å². The molecule has 5 heteroatoms. The SMILES string of the molecule is CCN(CC)c1ccc(Nc2nc(-c3ccccn3)cs2)cc1. The smallest absolute Gasteiger partial charge is 0.187 e. The van der Waals surface area contributed by atoms with Crippen molar-refractivity contribution in [2.75, 3.05) is 23.3 Å². The molecule has 3 aromatic rings. The molecule has 0 radical (unpaired) electrons. The van der Waals surface area contributed by atoms with Crippen LogP contribution in [0.2, 0.25) is 0 Å². The average molecular weight is 324 g/mol. The van der Waals surface area contributed by atoms with Crippen molar-refractivity contribution in [1.29, 1.82) is 0 Å². The van der Waals surface area contributed by atoms with Crippen LogP contribution >= 0.6 is 11.3 Å². The third kappa shape index (κ3) is 3.68. The van der Waals surface area contributed by atoms with Gasteiger partial charge in [-0.05, 0) is 50.2 Å². The van der Waals surface area contributed by atoms with Crippen LogP contribution in [0.5, 0.6) is 0 Å². The molecule has 23 heavy (non-hydrogen) atoms. The van der Waals surface area contributed by atoms with E-state index in [9.17, 15) is 0 Å². The fourth-order valence-electron chi connectivity index (χ4n) is 2.43. The van der Waals surface area contributed by atoms with Crippen molar-refractivity contribution in [3.63, 3.8) is 0 Å². The van der Waals surface area contributed by atoms with Gasteiger partial charge in [0.1, 0.15) is 5.69 Å². The second-order valence-electron chi connectivity index (χ2n) is 5.10. The van der Waals surface area contributed by atoms with E-state index in [4.69, 9.17) is 0 Å². The number of aromatic nitrogens is 2. The molecule has 1 N–H and O–H groups in total. The van der Waals surface area contributed by atoms with Crippen molar-refractivity contribution >= 4 is 27.8 Å². The van der Waals surface area contributed by atoms with E-state index in [1.165, 1.54) is 5.69 Å². The standard InChI is InChI=1S/C18H20N4S/c1-3-22(4-2)15-10-8-14(9-11-15)20-18-21-17(13-23-18)16-7-5-6-12-19-16/h5-13H,3-4H2,1-2H3,(H,20,21). The molecule has 0 aliphatic rings. The number of hydrogen-bond donors (Lipinski definition) is 1. The monoisotopic (exact) mass is 324 g/mol. The van der Waals surface area contributed by atoms with Crippen LogP contribution in [0.4, 0.5) is 16.5 Å². The predicted octanol–water partition coefficient (Wildman–Crippen LogP) is 4.79. The van der Waals surface area contributed by atoms with Crippen LogP contribution in [0, 0.1) is 0 Å². The Hall–Kier alpha value is -2.40. The Bertz CT molecular complexity index is 733. The number of hydrogen-bond acceptors (Lipinski definition) is 5. The van der Waals surface area contributed by atoms with Crippen LogP contribution in [0.3, 0.4) is 0 Å². The van der Waals surface area contributed by atoms with Crippen LogP contribution in [0.1, 0.15) is 13.8 Å². The lowest BCUT2D eigenvalue weighted by Crippen LogP contribution is -2.21. The van der Waals surface area contributed by atoms with Crippen LogP contribution < -0.4 is 10.2 Å². The number of thiazole rings is 1. The second-order valence-corrected chi connectivity index (χ2v) is 5.96. The van der Waals surface area contributed by atoms with Crippen molar-refractivity contribution in [3.05, 3.63) is 54.0 Å². The molecule has 0 aliphatic carbocycles. The van der Waals surface area contributed by atoms with Gasteiger partial charge in [-0.1, -0.05) is 6.07 Å². The van der Waals surface area contributed by atoms with E-state index in [-0.39, 0.29) is 0 Å². The van der Waals surface area contributed by atoms with Gasteiger partial charge in [0.25, 0.3) is 0 Å². The summed E-state index contributed by atoms with van der Waals surface area (Å²) < 4.78 is 0. The Morgan fingerprint density at radius 1 is 1.00 bits per heavy atom. The summed E-state index contributed by atoms with van der Waals surface area (Å²) in [5.74, 6) is 0. The maximum atomic E-state index is 4.60. The first-order valence-electron chi connectivity index (χ1n) is 7.79. The van der Waals surface area contributed by atoms with E-state index in [0.29, 0.717) is 0 Å². The van der Waals surface area contributed by atoms with Gasteiger partial charge in [-0.25, -0.2) is 4.98 Å². The summed E-state index contributed by atoms with van der Waals surface area (Å²) in [6.45, 7) is 6.38. The van der Waals surface area contributed by atoms with E-state index in [1.54, 1.807) is 17.5 Å². The zero-order valence-electron chi connectivity index (χ0n) is 13.4. The molecule has 0 spiro atoms. The maximum absolute atomic E-state index is 4.60. The average Bonchev–Trinajstić information content (AvgIpc) is 3.07. The van der Waals surface area contributed by atoms with Crippen molar-refractivity contribution in [1.82, 2.24) is 9.97 Å². The molecule has 3 rings (SSSR count). The molecule has 0 aliphatic heterocycles. The van der Waals surface area contributed by atoms with Crippen LogP contribution in [-0.2, 0) is 0 Å². The minimum absolute atomic E-state index is 0.876. The Kier molecular flexibility index (Phi) is 4.88. The summed E-state index contributed by atoms with van der Waals surface area (Å²) in [5.41, 5.74) is 4.09. The van der Waals surface area contributed by atoms with Gasteiger partial charge in [0, 0.05) is 36.0 Å². The Balaban J connectivity index is 1.72. The van der Waals surface area contributed by atoms with Gasteiger partial charge < -0.3 is 10.2 Å². The van der Waals surface area contributed by atoms with Gasteiger partial charge in [0.2, 0.25) is 0 Å². The fraction of sp³-hybridized carbons (Fsp3) is 0.222. The summed E-state index contributed by atoms with van der Waals surface area (Å²) in [5, 5.41) is 6.26. The highest BCUT2D eigenvalue weighted by Crippen LogP contribution is 2.27. The number of nitrogens with zero attached hydrogens (tertiary/aromatic N) is 3. The van der Waals surface area contributed by atoms with E-state index in [2.05, 4.69) is 58.3 Å². The van der Waals surface area contributed by atoms with Gasteiger partial charge >= 0.3 is 0 Å². The molecule has 4 nitrogen and oxygen atoms in total. The lowest BCUT2D eigenvalue weighted by atomic mass is 10.2. The summed E-state index contributed by atoms with van der Waals surface area (Å²) in [6.07, 6.45) is 1.79.